The fourth-order valence-corrected chi connectivity index (χ4v) is 2.58. The molecule has 98 valence electrons. The van der Waals surface area contributed by atoms with Crippen LogP contribution in [0.15, 0.2) is 29.2 Å². The van der Waals surface area contributed by atoms with E-state index >= 15 is 0 Å². The van der Waals surface area contributed by atoms with Crippen molar-refractivity contribution < 1.29 is 9.90 Å². The van der Waals surface area contributed by atoms with Crippen LogP contribution in [0.2, 0.25) is 0 Å². The fourth-order valence-electron chi connectivity index (χ4n) is 1.75. The molecule has 0 aliphatic heterocycles. The summed E-state index contributed by atoms with van der Waals surface area (Å²) < 4.78 is 0. The van der Waals surface area contributed by atoms with E-state index in [1.807, 2.05) is 36.2 Å². The number of amides is 1. The molecule has 2 rings (SSSR count). The van der Waals surface area contributed by atoms with Crippen LogP contribution in [0.25, 0.3) is 0 Å². The first kappa shape index (κ1) is 13.4. The molecule has 18 heavy (non-hydrogen) atoms. The molecule has 1 aromatic rings. The highest BCUT2D eigenvalue weighted by Crippen LogP contribution is 2.27. The van der Waals surface area contributed by atoms with Gasteiger partial charge in [0.2, 0.25) is 5.91 Å². The van der Waals surface area contributed by atoms with Gasteiger partial charge >= 0.3 is 0 Å². The molecule has 0 heterocycles. The van der Waals surface area contributed by atoms with Crippen LogP contribution in [0.5, 0.6) is 0 Å². The van der Waals surface area contributed by atoms with Crippen LogP contribution in [-0.4, -0.2) is 34.8 Å². The number of carbonyl (C=O) groups is 1. The van der Waals surface area contributed by atoms with Crippen molar-refractivity contribution in [2.75, 3.05) is 12.8 Å². The molecule has 0 aromatic heterocycles. The number of nitrogens with zero attached hydrogens (tertiary/aromatic N) is 1. The van der Waals surface area contributed by atoms with Gasteiger partial charge in [-0.2, -0.15) is 0 Å². The molecule has 0 saturated heterocycles. The van der Waals surface area contributed by atoms with E-state index in [1.54, 1.807) is 18.7 Å². The molecule has 1 unspecified atom stereocenters. The molecule has 0 bridgehead atoms. The van der Waals surface area contributed by atoms with E-state index in [-0.39, 0.29) is 5.91 Å². The summed E-state index contributed by atoms with van der Waals surface area (Å²) in [6.07, 6.45) is 1.86. The average Bonchev–Trinajstić information content (AvgIpc) is 3.19. The number of hydrogen-bond donors (Lipinski definition) is 1. The summed E-state index contributed by atoms with van der Waals surface area (Å²) in [7, 11) is 1.89. The van der Waals surface area contributed by atoms with Crippen molar-refractivity contribution in [3.63, 3.8) is 0 Å². The highest BCUT2D eigenvalue weighted by Gasteiger charge is 2.29. The number of carbonyl (C=O) groups excluding carboxylic acids is 1. The molecule has 0 radical (unpaired) electrons. The number of aliphatic hydroxyl groups excluding tert-OH is 1. The summed E-state index contributed by atoms with van der Waals surface area (Å²) in [5.41, 5.74) is 0.903. The van der Waals surface area contributed by atoms with Gasteiger partial charge in [-0.3, -0.25) is 4.79 Å². The van der Waals surface area contributed by atoms with E-state index in [1.165, 1.54) is 0 Å². The highest BCUT2D eigenvalue weighted by molar-refractivity contribution is 8.00. The lowest BCUT2D eigenvalue weighted by molar-refractivity contribution is -0.127. The summed E-state index contributed by atoms with van der Waals surface area (Å²) in [6, 6.07) is 8.20. The SMILES string of the molecule is CC(O)c1ccc(SCC(=O)N(C)C2CC2)cc1. The molecular weight excluding hydrogens is 246 g/mol. The van der Waals surface area contributed by atoms with E-state index in [2.05, 4.69) is 0 Å². The smallest absolute Gasteiger partial charge is 0.232 e. The third kappa shape index (κ3) is 3.50. The normalized spacial score (nSPS) is 16.4. The lowest BCUT2D eigenvalue weighted by atomic mass is 10.1. The van der Waals surface area contributed by atoms with E-state index in [0.29, 0.717) is 11.8 Å². The molecule has 4 heteroatoms. The number of aliphatic hydroxyl groups is 1. The van der Waals surface area contributed by atoms with E-state index in [4.69, 9.17) is 0 Å². The minimum absolute atomic E-state index is 0.196. The second-order valence-corrected chi connectivity index (χ2v) is 5.82. The standard InChI is InChI=1S/C14H19NO2S/c1-10(16)11-3-7-13(8-4-11)18-9-14(17)15(2)12-5-6-12/h3-4,7-8,10,12,16H,5-6,9H2,1-2H3. The summed E-state index contributed by atoms with van der Waals surface area (Å²) in [6.45, 7) is 1.75. The monoisotopic (exact) mass is 265 g/mol. The van der Waals surface area contributed by atoms with Crippen molar-refractivity contribution in [3.8, 4) is 0 Å². The predicted molar refractivity (Wildman–Crippen MR) is 73.6 cm³/mol. The maximum atomic E-state index is 11.8. The Morgan fingerprint density at radius 2 is 2.06 bits per heavy atom. The van der Waals surface area contributed by atoms with Gasteiger partial charge in [-0.15, -0.1) is 11.8 Å². The minimum atomic E-state index is -0.438. The number of benzene rings is 1. The van der Waals surface area contributed by atoms with Gasteiger partial charge in [0, 0.05) is 18.0 Å². The minimum Gasteiger partial charge on any atom is -0.389 e. The van der Waals surface area contributed by atoms with Gasteiger partial charge in [0.25, 0.3) is 0 Å². The van der Waals surface area contributed by atoms with E-state index < -0.39 is 6.10 Å². The Kier molecular flexibility index (Phi) is 4.30. The van der Waals surface area contributed by atoms with Crippen molar-refractivity contribution in [1.82, 2.24) is 4.90 Å². The Morgan fingerprint density at radius 3 is 2.56 bits per heavy atom. The van der Waals surface area contributed by atoms with Gasteiger partial charge in [0.15, 0.2) is 0 Å². The molecule has 1 atom stereocenters. The number of rotatable bonds is 5. The Balaban J connectivity index is 1.84. The third-order valence-electron chi connectivity index (χ3n) is 3.21. The Morgan fingerprint density at radius 1 is 1.44 bits per heavy atom. The average molecular weight is 265 g/mol. The zero-order valence-corrected chi connectivity index (χ0v) is 11.6. The second-order valence-electron chi connectivity index (χ2n) is 4.77. The first-order chi connectivity index (χ1) is 8.58. The Labute approximate surface area is 112 Å². The number of hydrogen-bond acceptors (Lipinski definition) is 3. The van der Waals surface area contributed by atoms with Crippen molar-refractivity contribution >= 4 is 17.7 Å². The molecule has 3 nitrogen and oxygen atoms in total. The summed E-state index contributed by atoms with van der Waals surface area (Å²) in [5, 5.41) is 9.41. The van der Waals surface area contributed by atoms with Gasteiger partial charge in [0.1, 0.15) is 0 Å². The van der Waals surface area contributed by atoms with Crippen LogP contribution in [-0.2, 0) is 4.79 Å². The predicted octanol–water partition coefficient (Wildman–Crippen LogP) is 2.45. The van der Waals surface area contributed by atoms with Crippen LogP contribution in [0.1, 0.15) is 31.4 Å². The Hall–Kier alpha value is -1.00. The summed E-state index contributed by atoms with van der Waals surface area (Å²) >= 11 is 1.55. The molecule has 1 amide bonds. The van der Waals surface area contributed by atoms with E-state index in [9.17, 15) is 9.90 Å². The molecule has 1 aliphatic rings. The fraction of sp³-hybridized carbons (Fsp3) is 0.500. The van der Waals surface area contributed by atoms with Crippen LogP contribution in [0, 0.1) is 0 Å². The maximum Gasteiger partial charge on any atom is 0.232 e. The van der Waals surface area contributed by atoms with Gasteiger partial charge in [-0.1, -0.05) is 12.1 Å². The van der Waals surface area contributed by atoms with E-state index in [0.717, 1.165) is 23.3 Å². The molecular formula is C14H19NO2S. The Bertz CT molecular complexity index is 412. The molecule has 0 spiro atoms. The van der Waals surface area contributed by atoms with Gasteiger partial charge in [-0.25, -0.2) is 0 Å². The molecule has 1 aromatic carbocycles. The van der Waals surface area contributed by atoms with Crippen LogP contribution >= 0.6 is 11.8 Å². The van der Waals surface area contributed by atoms with Crippen molar-refractivity contribution in [3.05, 3.63) is 29.8 Å². The molecule has 1 fully saturated rings. The quantitative estimate of drug-likeness (QED) is 0.831. The maximum absolute atomic E-state index is 11.8. The van der Waals surface area contributed by atoms with Gasteiger partial charge < -0.3 is 10.0 Å². The van der Waals surface area contributed by atoms with Crippen molar-refractivity contribution in [2.24, 2.45) is 0 Å². The molecule has 1 saturated carbocycles. The van der Waals surface area contributed by atoms with Crippen molar-refractivity contribution in [1.29, 1.82) is 0 Å². The third-order valence-corrected chi connectivity index (χ3v) is 4.21. The van der Waals surface area contributed by atoms with Crippen LogP contribution < -0.4 is 0 Å². The summed E-state index contributed by atoms with van der Waals surface area (Å²) in [4.78, 5) is 14.8. The highest BCUT2D eigenvalue weighted by atomic mass is 32.2. The second kappa shape index (κ2) is 5.76. The van der Waals surface area contributed by atoms with Crippen LogP contribution in [0.4, 0.5) is 0 Å². The van der Waals surface area contributed by atoms with Crippen molar-refractivity contribution in [2.45, 2.75) is 36.8 Å². The zero-order chi connectivity index (χ0) is 13.1. The summed E-state index contributed by atoms with van der Waals surface area (Å²) in [5.74, 6) is 0.684. The largest absolute Gasteiger partial charge is 0.389 e. The molecule has 1 N–H and O–H groups in total. The molecule has 1 aliphatic carbocycles. The van der Waals surface area contributed by atoms with Gasteiger partial charge in [-0.05, 0) is 37.5 Å². The lowest BCUT2D eigenvalue weighted by Crippen LogP contribution is -2.30. The number of thioether (sulfide) groups is 1. The van der Waals surface area contributed by atoms with Gasteiger partial charge in [0.05, 0.1) is 11.9 Å². The first-order valence-corrected chi connectivity index (χ1v) is 7.23. The lowest BCUT2D eigenvalue weighted by Gasteiger charge is -2.15. The first-order valence-electron chi connectivity index (χ1n) is 6.24. The zero-order valence-electron chi connectivity index (χ0n) is 10.8. The topological polar surface area (TPSA) is 40.5 Å². The van der Waals surface area contributed by atoms with Crippen LogP contribution in [0.3, 0.4) is 0 Å².